The maximum atomic E-state index is 5.47. The van der Waals surface area contributed by atoms with Crippen molar-refractivity contribution in [2.45, 2.75) is 25.3 Å². The second-order valence-electron chi connectivity index (χ2n) is 4.85. The summed E-state index contributed by atoms with van der Waals surface area (Å²) in [5.41, 5.74) is 2.94. The van der Waals surface area contributed by atoms with Crippen LogP contribution in [0.4, 0.5) is 0 Å². The highest BCUT2D eigenvalue weighted by Crippen LogP contribution is 2.43. The van der Waals surface area contributed by atoms with Gasteiger partial charge in [0.25, 0.3) is 0 Å². The molecule has 3 nitrogen and oxygen atoms in total. The van der Waals surface area contributed by atoms with Crippen LogP contribution in [0.2, 0.25) is 0 Å². The van der Waals surface area contributed by atoms with Crippen molar-refractivity contribution < 1.29 is 9.47 Å². The average Bonchev–Trinajstić information content (AvgIpc) is 2.94. The van der Waals surface area contributed by atoms with Crippen LogP contribution in [-0.2, 0) is 6.42 Å². The van der Waals surface area contributed by atoms with Crippen molar-refractivity contribution in [3.63, 3.8) is 0 Å². The van der Waals surface area contributed by atoms with Gasteiger partial charge in [0, 0.05) is 12.6 Å². The highest BCUT2D eigenvalue weighted by atomic mass is 16.7. The third kappa shape index (κ3) is 1.12. The van der Waals surface area contributed by atoms with Crippen LogP contribution in [0.25, 0.3) is 0 Å². The number of hydrogen-bond acceptors (Lipinski definition) is 3. The minimum absolute atomic E-state index is 0.382. The molecule has 0 radical (unpaired) electrons. The first-order chi connectivity index (χ1) is 7.92. The van der Waals surface area contributed by atoms with Crippen molar-refractivity contribution in [1.29, 1.82) is 0 Å². The third-order valence-electron chi connectivity index (χ3n) is 4.03. The van der Waals surface area contributed by atoms with Crippen LogP contribution in [0, 0.1) is 0 Å². The van der Waals surface area contributed by atoms with Gasteiger partial charge >= 0.3 is 0 Å². The van der Waals surface area contributed by atoms with Crippen molar-refractivity contribution in [3.05, 3.63) is 23.3 Å². The predicted molar refractivity (Wildman–Crippen MR) is 59.8 cm³/mol. The molecule has 4 rings (SSSR count). The Kier molecular flexibility index (Phi) is 1.74. The summed E-state index contributed by atoms with van der Waals surface area (Å²) in [5.74, 6) is 1.87. The lowest BCUT2D eigenvalue weighted by molar-refractivity contribution is 0.174. The fraction of sp³-hybridized carbons (Fsp3) is 0.538. The number of fused-ring (bicyclic) bond motifs is 4. The Morgan fingerprint density at radius 1 is 1.12 bits per heavy atom. The van der Waals surface area contributed by atoms with E-state index in [2.05, 4.69) is 17.0 Å². The minimum Gasteiger partial charge on any atom is -0.454 e. The summed E-state index contributed by atoms with van der Waals surface area (Å²) in [6, 6.07) is 5.03. The molecule has 1 fully saturated rings. The predicted octanol–water partition coefficient (Wildman–Crippen LogP) is 2.11. The van der Waals surface area contributed by atoms with Crippen LogP contribution < -0.4 is 9.47 Å². The number of ether oxygens (including phenoxy) is 2. The molecule has 0 spiro atoms. The molecule has 3 aliphatic rings. The summed E-state index contributed by atoms with van der Waals surface area (Å²) >= 11 is 0. The quantitative estimate of drug-likeness (QED) is 0.664. The first-order valence-corrected chi connectivity index (χ1v) is 6.08. The van der Waals surface area contributed by atoms with Crippen LogP contribution in [-0.4, -0.2) is 24.8 Å². The fourth-order valence-electron chi connectivity index (χ4n) is 3.24. The van der Waals surface area contributed by atoms with E-state index in [1.165, 1.54) is 37.1 Å². The van der Waals surface area contributed by atoms with Gasteiger partial charge in [-0.25, -0.2) is 0 Å². The van der Waals surface area contributed by atoms with Crippen LogP contribution in [0.5, 0.6) is 11.5 Å². The van der Waals surface area contributed by atoms with Gasteiger partial charge in [-0.3, -0.25) is 4.90 Å². The van der Waals surface area contributed by atoms with Gasteiger partial charge in [0.15, 0.2) is 11.5 Å². The molecular formula is C13H15NO2. The van der Waals surface area contributed by atoms with Crippen molar-refractivity contribution in [2.75, 3.05) is 19.9 Å². The molecule has 84 valence electrons. The molecule has 1 saturated heterocycles. The molecule has 0 aliphatic carbocycles. The van der Waals surface area contributed by atoms with Gasteiger partial charge < -0.3 is 9.47 Å². The van der Waals surface area contributed by atoms with Gasteiger partial charge in [0.1, 0.15) is 0 Å². The van der Waals surface area contributed by atoms with E-state index in [0.717, 1.165) is 17.9 Å². The summed E-state index contributed by atoms with van der Waals surface area (Å²) < 4.78 is 10.9. The maximum absolute atomic E-state index is 5.47. The Labute approximate surface area is 95.0 Å². The normalized spacial score (nSPS) is 26.6. The van der Waals surface area contributed by atoms with Crippen molar-refractivity contribution in [1.82, 2.24) is 4.90 Å². The van der Waals surface area contributed by atoms with Gasteiger partial charge in [-0.05, 0) is 49.1 Å². The molecule has 1 aromatic rings. The Morgan fingerprint density at radius 2 is 2.00 bits per heavy atom. The summed E-state index contributed by atoms with van der Waals surface area (Å²) in [5, 5.41) is 0. The standard InChI is InChI=1S/C13H15NO2/c1-2-11-10-7-13-12(15-8-16-13)6-9(10)3-5-14(11)4-1/h6-7,11H,1-5,8H2/t11-/m0/s1. The molecule has 0 saturated carbocycles. The Balaban J connectivity index is 1.84. The molecule has 3 aliphatic heterocycles. The number of rotatable bonds is 0. The zero-order valence-corrected chi connectivity index (χ0v) is 9.24. The van der Waals surface area contributed by atoms with Gasteiger partial charge in [-0.2, -0.15) is 0 Å². The lowest BCUT2D eigenvalue weighted by Gasteiger charge is -2.31. The fourth-order valence-corrected chi connectivity index (χ4v) is 3.24. The van der Waals surface area contributed by atoms with E-state index in [9.17, 15) is 0 Å². The summed E-state index contributed by atoms with van der Waals surface area (Å²) in [4.78, 5) is 2.60. The molecule has 3 heteroatoms. The zero-order chi connectivity index (χ0) is 10.5. The van der Waals surface area contributed by atoms with E-state index in [1.807, 2.05) is 0 Å². The summed E-state index contributed by atoms with van der Waals surface area (Å²) in [6.45, 7) is 2.85. The monoisotopic (exact) mass is 217 g/mol. The molecule has 0 unspecified atom stereocenters. The number of nitrogens with zero attached hydrogens (tertiary/aromatic N) is 1. The Bertz CT molecular complexity index is 444. The average molecular weight is 217 g/mol. The largest absolute Gasteiger partial charge is 0.454 e. The molecular weight excluding hydrogens is 202 g/mol. The second kappa shape index (κ2) is 3.14. The minimum atomic E-state index is 0.382. The van der Waals surface area contributed by atoms with Crippen LogP contribution in [0.3, 0.4) is 0 Å². The summed E-state index contributed by atoms with van der Waals surface area (Å²) in [7, 11) is 0. The van der Waals surface area contributed by atoms with E-state index in [1.54, 1.807) is 0 Å². The lowest BCUT2D eigenvalue weighted by atomic mass is 9.92. The molecule has 0 bridgehead atoms. The van der Waals surface area contributed by atoms with E-state index in [-0.39, 0.29) is 0 Å². The van der Waals surface area contributed by atoms with E-state index in [0.29, 0.717) is 12.8 Å². The molecule has 0 aromatic heterocycles. The van der Waals surface area contributed by atoms with Crippen LogP contribution in [0.1, 0.15) is 30.0 Å². The molecule has 1 atom stereocenters. The highest BCUT2D eigenvalue weighted by molar-refractivity contribution is 5.50. The van der Waals surface area contributed by atoms with Gasteiger partial charge in [-0.1, -0.05) is 0 Å². The topological polar surface area (TPSA) is 21.7 Å². The Morgan fingerprint density at radius 3 is 2.94 bits per heavy atom. The third-order valence-corrected chi connectivity index (χ3v) is 4.03. The van der Waals surface area contributed by atoms with Gasteiger partial charge in [-0.15, -0.1) is 0 Å². The van der Waals surface area contributed by atoms with Crippen molar-refractivity contribution >= 4 is 0 Å². The smallest absolute Gasteiger partial charge is 0.231 e. The molecule has 0 amide bonds. The van der Waals surface area contributed by atoms with E-state index < -0.39 is 0 Å². The van der Waals surface area contributed by atoms with E-state index >= 15 is 0 Å². The molecule has 16 heavy (non-hydrogen) atoms. The molecule has 1 aromatic carbocycles. The SMILES string of the molecule is c1c2c(cc3c1OCO3)[C@@H]1CCCN1CC2. The zero-order valence-electron chi connectivity index (χ0n) is 9.24. The Hall–Kier alpha value is -1.22. The number of hydrogen-bond donors (Lipinski definition) is 0. The molecule has 3 heterocycles. The first-order valence-electron chi connectivity index (χ1n) is 6.08. The van der Waals surface area contributed by atoms with Crippen molar-refractivity contribution in [2.24, 2.45) is 0 Å². The highest BCUT2D eigenvalue weighted by Gasteiger charge is 2.32. The first kappa shape index (κ1) is 8.88. The summed E-state index contributed by atoms with van der Waals surface area (Å²) in [6.07, 6.45) is 3.79. The van der Waals surface area contributed by atoms with Crippen LogP contribution in [0.15, 0.2) is 12.1 Å². The maximum Gasteiger partial charge on any atom is 0.231 e. The second-order valence-corrected chi connectivity index (χ2v) is 4.85. The van der Waals surface area contributed by atoms with Crippen molar-refractivity contribution in [3.8, 4) is 11.5 Å². The van der Waals surface area contributed by atoms with Crippen LogP contribution >= 0.6 is 0 Å². The lowest BCUT2D eigenvalue weighted by Crippen LogP contribution is -2.30. The van der Waals surface area contributed by atoms with Gasteiger partial charge in [0.05, 0.1) is 0 Å². The number of benzene rings is 1. The van der Waals surface area contributed by atoms with E-state index in [4.69, 9.17) is 9.47 Å². The van der Waals surface area contributed by atoms with Gasteiger partial charge in [0.2, 0.25) is 6.79 Å². The molecule has 0 N–H and O–H groups in total.